The molecule has 27 heavy (non-hydrogen) atoms. The number of aromatic nitrogens is 2. The van der Waals surface area contributed by atoms with Crippen molar-refractivity contribution in [2.75, 3.05) is 6.61 Å². The van der Waals surface area contributed by atoms with Crippen molar-refractivity contribution in [3.05, 3.63) is 55.9 Å². The van der Waals surface area contributed by atoms with Crippen molar-refractivity contribution >= 4 is 21.6 Å². The summed E-state index contributed by atoms with van der Waals surface area (Å²) in [6, 6.07) is 5.99. The number of aryl methyl sites for hydroxylation is 5. The quantitative estimate of drug-likeness (QED) is 0.733. The van der Waals surface area contributed by atoms with Gasteiger partial charge < -0.3 is 9.84 Å². The lowest BCUT2D eigenvalue weighted by Gasteiger charge is -2.17. The second-order valence-electron chi connectivity index (χ2n) is 7.35. The summed E-state index contributed by atoms with van der Waals surface area (Å²) in [5, 5.41) is 11.2. The molecule has 1 aliphatic carbocycles. The number of hydrogen-bond donors (Lipinski definition) is 1. The zero-order valence-corrected chi connectivity index (χ0v) is 16.7. The molecule has 5 nitrogen and oxygen atoms in total. The molecular formula is C21H24N2O3S. The first-order chi connectivity index (χ1) is 12.9. The molecule has 2 aromatic heterocycles. The molecule has 1 unspecified atom stereocenters. The summed E-state index contributed by atoms with van der Waals surface area (Å²) in [6.45, 7) is 6.12. The first kappa shape index (κ1) is 18.2. The Labute approximate surface area is 162 Å². The highest BCUT2D eigenvalue weighted by Gasteiger charge is 2.23. The number of fused-ring (bicyclic) bond motifs is 3. The van der Waals surface area contributed by atoms with Gasteiger partial charge in [-0.05, 0) is 62.8 Å². The lowest BCUT2D eigenvalue weighted by Crippen LogP contribution is -2.32. The van der Waals surface area contributed by atoms with Gasteiger partial charge in [0.2, 0.25) is 0 Å². The Morgan fingerprint density at radius 1 is 1.30 bits per heavy atom. The van der Waals surface area contributed by atoms with Crippen molar-refractivity contribution in [2.45, 2.75) is 52.7 Å². The molecule has 0 spiro atoms. The van der Waals surface area contributed by atoms with Crippen LogP contribution in [0.5, 0.6) is 5.75 Å². The standard InChI is InChI=1S/C21H24N2O3S/c1-12-7-8-13(2)17(9-12)26-11-15(24)10-23-14(3)22-20-19(21(23)25)16-5-4-6-18(16)27-20/h7-9,15,24H,4-6,10-11H2,1-3H3. The summed E-state index contributed by atoms with van der Waals surface area (Å²) in [6.07, 6.45) is 2.32. The van der Waals surface area contributed by atoms with Crippen LogP contribution >= 0.6 is 11.3 Å². The SMILES string of the molecule is Cc1ccc(C)c(OCC(O)Cn2c(C)nc3sc4c(c3c2=O)CCC4)c1. The maximum absolute atomic E-state index is 13.1. The Bertz CT molecular complexity index is 1070. The second-order valence-corrected chi connectivity index (χ2v) is 8.43. The van der Waals surface area contributed by atoms with Gasteiger partial charge in [0, 0.05) is 4.88 Å². The van der Waals surface area contributed by atoms with Crippen molar-refractivity contribution in [1.82, 2.24) is 9.55 Å². The molecule has 0 saturated heterocycles. The predicted molar refractivity (Wildman–Crippen MR) is 108 cm³/mol. The third kappa shape index (κ3) is 3.39. The summed E-state index contributed by atoms with van der Waals surface area (Å²) in [5.74, 6) is 1.40. The molecule has 2 heterocycles. The normalized spacial score (nSPS) is 14.5. The van der Waals surface area contributed by atoms with Crippen LogP contribution in [0.2, 0.25) is 0 Å². The molecule has 1 aliphatic rings. The van der Waals surface area contributed by atoms with Crippen LogP contribution in [0.3, 0.4) is 0 Å². The summed E-state index contributed by atoms with van der Waals surface area (Å²) < 4.78 is 7.38. The number of hydrogen-bond acceptors (Lipinski definition) is 5. The van der Waals surface area contributed by atoms with Crippen LogP contribution in [0.4, 0.5) is 0 Å². The minimum Gasteiger partial charge on any atom is -0.491 e. The zero-order chi connectivity index (χ0) is 19.1. The van der Waals surface area contributed by atoms with E-state index in [1.807, 2.05) is 39.0 Å². The Morgan fingerprint density at radius 2 is 2.11 bits per heavy atom. The van der Waals surface area contributed by atoms with Crippen LogP contribution in [0, 0.1) is 20.8 Å². The van der Waals surface area contributed by atoms with E-state index in [0.29, 0.717) is 5.82 Å². The minimum atomic E-state index is -0.785. The van der Waals surface area contributed by atoms with E-state index >= 15 is 0 Å². The third-order valence-corrected chi connectivity index (χ3v) is 6.37. The van der Waals surface area contributed by atoms with Gasteiger partial charge in [0.05, 0.1) is 11.9 Å². The van der Waals surface area contributed by atoms with Crippen molar-refractivity contribution in [1.29, 1.82) is 0 Å². The molecular weight excluding hydrogens is 360 g/mol. The molecule has 0 fully saturated rings. The van der Waals surface area contributed by atoms with Gasteiger partial charge in [-0.1, -0.05) is 12.1 Å². The van der Waals surface area contributed by atoms with Crippen LogP contribution in [0.25, 0.3) is 10.2 Å². The number of nitrogens with zero attached hydrogens (tertiary/aromatic N) is 2. The predicted octanol–water partition coefficient (Wildman–Crippen LogP) is 3.31. The van der Waals surface area contributed by atoms with E-state index in [2.05, 4.69) is 4.98 Å². The smallest absolute Gasteiger partial charge is 0.262 e. The van der Waals surface area contributed by atoms with Gasteiger partial charge in [-0.15, -0.1) is 11.3 Å². The first-order valence-electron chi connectivity index (χ1n) is 9.34. The van der Waals surface area contributed by atoms with E-state index in [1.165, 1.54) is 10.4 Å². The molecule has 1 atom stereocenters. The summed E-state index contributed by atoms with van der Waals surface area (Å²) >= 11 is 1.64. The van der Waals surface area contributed by atoms with Crippen LogP contribution in [-0.2, 0) is 19.4 Å². The number of ether oxygens (including phenoxy) is 1. The van der Waals surface area contributed by atoms with E-state index in [4.69, 9.17) is 4.74 Å². The van der Waals surface area contributed by atoms with Gasteiger partial charge in [-0.25, -0.2) is 4.98 Å². The fourth-order valence-corrected chi connectivity index (χ4v) is 5.00. The highest BCUT2D eigenvalue weighted by molar-refractivity contribution is 7.18. The molecule has 142 valence electrons. The molecule has 4 rings (SSSR count). The van der Waals surface area contributed by atoms with Crippen molar-refractivity contribution < 1.29 is 9.84 Å². The maximum Gasteiger partial charge on any atom is 0.262 e. The van der Waals surface area contributed by atoms with Crippen LogP contribution < -0.4 is 10.3 Å². The number of rotatable bonds is 5. The van der Waals surface area contributed by atoms with Gasteiger partial charge >= 0.3 is 0 Å². The largest absolute Gasteiger partial charge is 0.491 e. The van der Waals surface area contributed by atoms with E-state index in [0.717, 1.165) is 46.4 Å². The van der Waals surface area contributed by atoms with Crippen LogP contribution in [0.1, 0.15) is 33.8 Å². The molecule has 1 N–H and O–H groups in total. The third-order valence-electron chi connectivity index (χ3n) is 5.18. The van der Waals surface area contributed by atoms with E-state index in [-0.39, 0.29) is 18.7 Å². The van der Waals surface area contributed by atoms with Crippen molar-refractivity contribution in [3.63, 3.8) is 0 Å². The number of aliphatic hydroxyl groups excluding tert-OH is 1. The average Bonchev–Trinajstić information content (AvgIpc) is 3.20. The van der Waals surface area contributed by atoms with E-state index < -0.39 is 6.10 Å². The minimum absolute atomic E-state index is 0.0392. The van der Waals surface area contributed by atoms with Gasteiger partial charge in [-0.3, -0.25) is 9.36 Å². The Balaban J connectivity index is 1.56. The van der Waals surface area contributed by atoms with Crippen LogP contribution in [-0.4, -0.2) is 27.4 Å². The lowest BCUT2D eigenvalue weighted by molar-refractivity contribution is 0.0905. The molecule has 0 saturated carbocycles. The van der Waals surface area contributed by atoms with Gasteiger partial charge in [0.15, 0.2) is 0 Å². The average molecular weight is 385 g/mol. The van der Waals surface area contributed by atoms with Crippen molar-refractivity contribution in [3.8, 4) is 5.75 Å². The van der Waals surface area contributed by atoms with E-state index in [1.54, 1.807) is 15.9 Å². The van der Waals surface area contributed by atoms with Crippen LogP contribution in [0.15, 0.2) is 23.0 Å². The lowest BCUT2D eigenvalue weighted by atomic mass is 10.1. The monoisotopic (exact) mass is 384 g/mol. The molecule has 0 amide bonds. The maximum atomic E-state index is 13.1. The molecule has 0 bridgehead atoms. The summed E-state index contributed by atoms with van der Waals surface area (Å²) in [7, 11) is 0. The molecule has 3 aromatic rings. The Hall–Kier alpha value is -2.18. The first-order valence-corrected chi connectivity index (χ1v) is 10.2. The number of benzene rings is 1. The summed E-state index contributed by atoms with van der Waals surface area (Å²) in [5.41, 5.74) is 3.27. The van der Waals surface area contributed by atoms with Gasteiger partial charge in [0.1, 0.15) is 29.1 Å². The Morgan fingerprint density at radius 3 is 2.93 bits per heavy atom. The molecule has 0 aliphatic heterocycles. The molecule has 0 radical (unpaired) electrons. The topological polar surface area (TPSA) is 64.3 Å². The number of thiophene rings is 1. The highest BCUT2D eigenvalue weighted by Crippen LogP contribution is 2.34. The van der Waals surface area contributed by atoms with E-state index in [9.17, 15) is 9.90 Å². The second kappa shape index (κ2) is 7.09. The molecule has 1 aromatic carbocycles. The highest BCUT2D eigenvalue weighted by atomic mass is 32.1. The van der Waals surface area contributed by atoms with Gasteiger partial charge in [-0.2, -0.15) is 0 Å². The molecule has 6 heteroatoms. The zero-order valence-electron chi connectivity index (χ0n) is 15.9. The summed E-state index contributed by atoms with van der Waals surface area (Å²) in [4.78, 5) is 19.8. The fourth-order valence-electron chi connectivity index (χ4n) is 3.71. The van der Waals surface area contributed by atoms with Crippen molar-refractivity contribution in [2.24, 2.45) is 0 Å². The number of aliphatic hydroxyl groups is 1. The Kier molecular flexibility index (Phi) is 4.78. The fraction of sp³-hybridized carbons (Fsp3) is 0.429. The van der Waals surface area contributed by atoms with Gasteiger partial charge in [0.25, 0.3) is 5.56 Å².